The number of rotatable bonds is 4. The van der Waals surface area contributed by atoms with Crippen LogP contribution in [0.15, 0.2) is 18.2 Å². The second kappa shape index (κ2) is 8.02. The van der Waals surface area contributed by atoms with Crippen molar-refractivity contribution in [2.24, 2.45) is 5.92 Å². The molecule has 23 heavy (non-hydrogen) atoms. The highest BCUT2D eigenvalue weighted by atomic mass is 35.5. The topological polar surface area (TPSA) is 49.4 Å². The van der Waals surface area contributed by atoms with Crippen molar-refractivity contribution in [3.05, 3.63) is 33.8 Å². The first-order valence-electron chi connectivity index (χ1n) is 7.97. The zero-order valence-corrected chi connectivity index (χ0v) is 15.0. The molecule has 0 aliphatic carbocycles. The number of halogens is 2. The van der Waals surface area contributed by atoms with Gasteiger partial charge in [0.15, 0.2) is 0 Å². The summed E-state index contributed by atoms with van der Waals surface area (Å²) in [6.45, 7) is 5.17. The van der Waals surface area contributed by atoms with Crippen LogP contribution in [-0.4, -0.2) is 35.8 Å². The molecule has 1 atom stereocenters. The third-order valence-corrected chi connectivity index (χ3v) is 4.86. The van der Waals surface area contributed by atoms with Gasteiger partial charge in [0.2, 0.25) is 5.91 Å². The Morgan fingerprint density at radius 2 is 1.96 bits per heavy atom. The molecule has 0 spiro atoms. The summed E-state index contributed by atoms with van der Waals surface area (Å²) in [5.74, 6) is -0.0304. The minimum Gasteiger partial charge on any atom is -0.353 e. The number of nitrogens with one attached hydrogen (secondary N) is 1. The Hall–Kier alpha value is -1.26. The highest BCUT2D eigenvalue weighted by molar-refractivity contribution is 6.36. The Morgan fingerprint density at radius 1 is 1.30 bits per heavy atom. The summed E-state index contributed by atoms with van der Waals surface area (Å²) >= 11 is 12.0. The zero-order valence-electron chi connectivity index (χ0n) is 13.4. The Morgan fingerprint density at radius 3 is 2.52 bits per heavy atom. The average Bonchev–Trinajstić information content (AvgIpc) is 2.54. The van der Waals surface area contributed by atoms with Crippen LogP contribution in [0.5, 0.6) is 0 Å². The molecule has 0 saturated carbocycles. The molecule has 1 heterocycles. The SMILES string of the molecule is CC[C@H](C)NC(=O)C1CCN(C(=O)c2ccc(Cl)cc2Cl)CC1. The predicted molar refractivity (Wildman–Crippen MR) is 93.0 cm³/mol. The van der Waals surface area contributed by atoms with Gasteiger partial charge in [-0.15, -0.1) is 0 Å². The fourth-order valence-electron chi connectivity index (χ4n) is 2.64. The van der Waals surface area contributed by atoms with E-state index in [1.807, 2.05) is 13.8 Å². The lowest BCUT2D eigenvalue weighted by Gasteiger charge is -2.32. The maximum Gasteiger partial charge on any atom is 0.255 e. The number of amides is 2. The summed E-state index contributed by atoms with van der Waals surface area (Å²) in [5.41, 5.74) is 0.457. The van der Waals surface area contributed by atoms with Gasteiger partial charge >= 0.3 is 0 Å². The van der Waals surface area contributed by atoms with E-state index in [-0.39, 0.29) is 23.8 Å². The number of hydrogen-bond acceptors (Lipinski definition) is 2. The molecule has 2 amide bonds. The molecule has 0 unspecified atom stereocenters. The van der Waals surface area contributed by atoms with Gasteiger partial charge in [-0.2, -0.15) is 0 Å². The van der Waals surface area contributed by atoms with E-state index >= 15 is 0 Å². The van der Waals surface area contributed by atoms with E-state index in [9.17, 15) is 9.59 Å². The van der Waals surface area contributed by atoms with E-state index in [0.29, 0.717) is 41.5 Å². The fraction of sp³-hybridized carbons (Fsp3) is 0.529. The van der Waals surface area contributed by atoms with E-state index in [4.69, 9.17) is 23.2 Å². The Kier molecular flexibility index (Phi) is 6.31. The first-order chi connectivity index (χ1) is 10.9. The van der Waals surface area contributed by atoms with Crippen molar-refractivity contribution in [1.82, 2.24) is 10.2 Å². The van der Waals surface area contributed by atoms with Crippen molar-refractivity contribution in [3.63, 3.8) is 0 Å². The lowest BCUT2D eigenvalue weighted by Crippen LogP contribution is -2.44. The number of carbonyl (C=O) groups excluding carboxylic acids is 2. The van der Waals surface area contributed by atoms with E-state index in [0.717, 1.165) is 6.42 Å². The van der Waals surface area contributed by atoms with Gasteiger partial charge in [0.05, 0.1) is 10.6 Å². The molecule has 0 bridgehead atoms. The van der Waals surface area contributed by atoms with E-state index in [1.54, 1.807) is 23.1 Å². The third-order valence-electron chi connectivity index (χ3n) is 4.32. The highest BCUT2D eigenvalue weighted by Gasteiger charge is 2.28. The molecule has 126 valence electrons. The molecule has 2 rings (SSSR count). The van der Waals surface area contributed by atoms with Crippen molar-refractivity contribution in [1.29, 1.82) is 0 Å². The lowest BCUT2D eigenvalue weighted by atomic mass is 9.95. The van der Waals surface area contributed by atoms with Crippen molar-refractivity contribution in [2.45, 2.75) is 39.2 Å². The fourth-order valence-corrected chi connectivity index (χ4v) is 3.13. The van der Waals surface area contributed by atoms with Crippen LogP contribution in [0.2, 0.25) is 10.0 Å². The molecular weight excluding hydrogens is 335 g/mol. The third kappa shape index (κ3) is 4.61. The number of piperidine rings is 1. The Labute approximate surface area is 147 Å². The van der Waals surface area contributed by atoms with Crippen molar-refractivity contribution < 1.29 is 9.59 Å². The van der Waals surface area contributed by atoms with Crippen LogP contribution in [0, 0.1) is 5.92 Å². The molecule has 1 saturated heterocycles. The Balaban J connectivity index is 1.93. The maximum absolute atomic E-state index is 12.5. The number of benzene rings is 1. The highest BCUT2D eigenvalue weighted by Crippen LogP contribution is 2.25. The minimum absolute atomic E-state index is 0.0197. The predicted octanol–water partition coefficient (Wildman–Crippen LogP) is 3.76. The van der Waals surface area contributed by atoms with Gasteiger partial charge in [-0.25, -0.2) is 0 Å². The molecule has 1 aliphatic rings. The monoisotopic (exact) mass is 356 g/mol. The number of carbonyl (C=O) groups is 2. The standard InChI is InChI=1S/C17H22Cl2N2O2/c1-3-11(2)20-16(22)12-6-8-21(9-7-12)17(23)14-5-4-13(18)10-15(14)19/h4-5,10-12H,3,6-9H2,1-2H3,(H,20,22)/t11-/m0/s1. The van der Waals surface area contributed by atoms with Crippen LogP contribution in [0.25, 0.3) is 0 Å². The smallest absolute Gasteiger partial charge is 0.255 e. The van der Waals surface area contributed by atoms with Gasteiger partial charge in [0, 0.05) is 30.1 Å². The second-order valence-corrected chi connectivity index (χ2v) is 6.85. The van der Waals surface area contributed by atoms with Crippen LogP contribution in [0.1, 0.15) is 43.5 Å². The first-order valence-corrected chi connectivity index (χ1v) is 8.72. The van der Waals surface area contributed by atoms with Gasteiger partial charge in [0.25, 0.3) is 5.91 Å². The number of likely N-dealkylation sites (tertiary alicyclic amines) is 1. The minimum atomic E-state index is -0.104. The van der Waals surface area contributed by atoms with Crippen molar-refractivity contribution >= 4 is 35.0 Å². The molecule has 0 radical (unpaired) electrons. The summed E-state index contributed by atoms with van der Waals surface area (Å²) in [6, 6.07) is 5.07. The van der Waals surface area contributed by atoms with Crippen LogP contribution in [-0.2, 0) is 4.79 Å². The molecular formula is C17H22Cl2N2O2. The summed E-state index contributed by atoms with van der Waals surface area (Å²) < 4.78 is 0. The van der Waals surface area contributed by atoms with Crippen LogP contribution < -0.4 is 5.32 Å². The number of hydrogen-bond donors (Lipinski definition) is 1. The van der Waals surface area contributed by atoms with Crippen LogP contribution in [0.4, 0.5) is 0 Å². The average molecular weight is 357 g/mol. The summed E-state index contributed by atoms with van der Waals surface area (Å²) in [6.07, 6.45) is 2.27. The first kappa shape index (κ1) is 18.1. The molecule has 6 heteroatoms. The molecule has 1 N–H and O–H groups in total. The lowest BCUT2D eigenvalue weighted by molar-refractivity contribution is -0.126. The van der Waals surface area contributed by atoms with Gasteiger partial charge < -0.3 is 10.2 Å². The maximum atomic E-state index is 12.5. The molecule has 0 aromatic heterocycles. The summed E-state index contributed by atoms with van der Waals surface area (Å²) in [7, 11) is 0. The van der Waals surface area contributed by atoms with Crippen LogP contribution >= 0.6 is 23.2 Å². The molecule has 1 aromatic rings. The molecule has 4 nitrogen and oxygen atoms in total. The van der Waals surface area contributed by atoms with Crippen molar-refractivity contribution in [3.8, 4) is 0 Å². The van der Waals surface area contributed by atoms with E-state index in [1.165, 1.54) is 0 Å². The van der Waals surface area contributed by atoms with Gasteiger partial charge in [-0.05, 0) is 44.4 Å². The van der Waals surface area contributed by atoms with Gasteiger partial charge in [-0.1, -0.05) is 30.1 Å². The largest absolute Gasteiger partial charge is 0.353 e. The van der Waals surface area contributed by atoms with Gasteiger partial charge in [-0.3, -0.25) is 9.59 Å². The molecule has 1 aliphatic heterocycles. The second-order valence-electron chi connectivity index (χ2n) is 6.01. The summed E-state index contributed by atoms with van der Waals surface area (Å²) in [5, 5.41) is 3.88. The quantitative estimate of drug-likeness (QED) is 0.892. The van der Waals surface area contributed by atoms with Crippen LogP contribution in [0.3, 0.4) is 0 Å². The van der Waals surface area contributed by atoms with Crippen molar-refractivity contribution in [2.75, 3.05) is 13.1 Å². The van der Waals surface area contributed by atoms with E-state index in [2.05, 4.69) is 5.32 Å². The molecule has 1 aromatic carbocycles. The van der Waals surface area contributed by atoms with Gasteiger partial charge in [0.1, 0.15) is 0 Å². The zero-order chi connectivity index (χ0) is 17.0. The molecule has 1 fully saturated rings. The normalized spacial score (nSPS) is 17.0. The number of nitrogens with zero attached hydrogens (tertiary/aromatic N) is 1. The summed E-state index contributed by atoms with van der Waals surface area (Å²) in [4.78, 5) is 26.4. The van der Waals surface area contributed by atoms with E-state index < -0.39 is 0 Å². The Bertz CT molecular complexity index is 584.